The summed E-state index contributed by atoms with van der Waals surface area (Å²) in [5.74, 6) is -1.21. The normalized spacial score (nSPS) is 11.1. The number of aryl methyl sites for hydroxylation is 1. The van der Waals surface area contributed by atoms with E-state index in [1.165, 1.54) is 6.20 Å². The summed E-state index contributed by atoms with van der Waals surface area (Å²) in [7, 11) is 0. The van der Waals surface area contributed by atoms with Crippen molar-refractivity contribution in [3.05, 3.63) is 79.6 Å². The van der Waals surface area contributed by atoms with Gasteiger partial charge >= 0.3 is 5.97 Å². The van der Waals surface area contributed by atoms with Crippen molar-refractivity contribution in [2.24, 2.45) is 0 Å². The molecule has 0 fully saturated rings. The summed E-state index contributed by atoms with van der Waals surface area (Å²) < 4.78 is 1.87. The minimum atomic E-state index is -1.21. The maximum absolute atomic E-state index is 12.7. The Morgan fingerprint density at radius 3 is 2.57 bits per heavy atom. The Morgan fingerprint density at radius 1 is 1.11 bits per heavy atom. The van der Waals surface area contributed by atoms with Gasteiger partial charge in [0.15, 0.2) is 0 Å². The molecular weight excluding hydrogens is 397 g/mol. The van der Waals surface area contributed by atoms with Crippen molar-refractivity contribution in [1.29, 1.82) is 0 Å². The first kappa shape index (κ1) is 20.4. The number of fused-ring (bicyclic) bond motifs is 1. The van der Waals surface area contributed by atoms with E-state index in [4.69, 9.17) is 23.2 Å². The summed E-state index contributed by atoms with van der Waals surface area (Å²) in [4.78, 5) is 24.3. The molecule has 2 aromatic carbocycles. The molecular formula is C22H21Cl2NO3. The number of carbonyl (C=O) groups is 1. The molecule has 3 aromatic rings. The number of benzene rings is 2. The van der Waals surface area contributed by atoms with Gasteiger partial charge in [-0.2, -0.15) is 0 Å². The lowest BCUT2D eigenvalue weighted by atomic mass is 10.0. The Balaban J connectivity index is 2.07. The van der Waals surface area contributed by atoms with E-state index in [9.17, 15) is 14.7 Å². The molecule has 0 unspecified atom stereocenters. The SMILES string of the molecule is CCCCCn1cc(C(=O)O)c(=O)c2cc(Cc3ccc(Cl)cc3Cl)ccc21. The van der Waals surface area contributed by atoms with Crippen molar-refractivity contribution in [2.75, 3.05) is 0 Å². The van der Waals surface area contributed by atoms with Crippen LogP contribution in [-0.2, 0) is 13.0 Å². The molecule has 0 radical (unpaired) electrons. The third-order valence-electron chi connectivity index (χ3n) is 4.79. The number of pyridine rings is 1. The Hall–Kier alpha value is -2.30. The van der Waals surface area contributed by atoms with Crippen LogP contribution in [0.15, 0.2) is 47.4 Å². The van der Waals surface area contributed by atoms with Crippen molar-refractivity contribution in [2.45, 2.75) is 39.2 Å². The summed E-state index contributed by atoms with van der Waals surface area (Å²) in [5.41, 5.74) is 1.86. The molecule has 0 spiro atoms. The molecule has 1 N–H and O–H groups in total. The topological polar surface area (TPSA) is 59.3 Å². The van der Waals surface area contributed by atoms with Crippen LogP contribution in [0.25, 0.3) is 10.9 Å². The summed E-state index contributed by atoms with van der Waals surface area (Å²) in [6.45, 7) is 2.79. The van der Waals surface area contributed by atoms with Crippen molar-refractivity contribution < 1.29 is 9.90 Å². The van der Waals surface area contributed by atoms with Gasteiger partial charge in [0.25, 0.3) is 0 Å². The lowest BCUT2D eigenvalue weighted by Crippen LogP contribution is -2.19. The number of aromatic carboxylic acids is 1. The number of hydrogen-bond donors (Lipinski definition) is 1. The quantitative estimate of drug-likeness (QED) is 0.495. The number of nitrogens with zero attached hydrogens (tertiary/aromatic N) is 1. The molecule has 1 aromatic heterocycles. The van der Waals surface area contributed by atoms with E-state index in [0.717, 1.165) is 35.9 Å². The highest BCUT2D eigenvalue weighted by atomic mass is 35.5. The summed E-state index contributed by atoms with van der Waals surface area (Å²) >= 11 is 12.2. The van der Waals surface area contributed by atoms with E-state index in [1.54, 1.807) is 18.2 Å². The van der Waals surface area contributed by atoms with Crippen LogP contribution in [0.4, 0.5) is 0 Å². The number of carboxylic acids is 1. The van der Waals surface area contributed by atoms with E-state index < -0.39 is 11.4 Å². The summed E-state index contributed by atoms with van der Waals surface area (Å²) in [6.07, 6.45) is 5.02. The van der Waals surface area contributed by atoms with Gasteiger partial charge in [-0.3, -0.25) is 4.79 Å². The predicted molar refractivity (Wildman–Crippen MR) is 114 cm³/mol. The average molecular weight is 418 g/mol. The summed E-state index contributed by atoms with van der Waals surface area (Å²) in [6, 6.07) is 10.9. The minimum absolute atomic E-state index is 0.203. The first-order chi connectivity index (χ1) is 13.4. The van der Waals surface area contributed by atoms with Crippen LogP contribution in [0, 0.1) is 0 Å². The highest BCUT2D eigenvalue weighted by Gasteiger charge is 2.15. The molecule has 0 saturated carbocycles. The molecule has 0 atom stereocenters. The first-order valence-corrected chi connectivity index (χ1v) is 9.99. The molecule has 28 heavy (non-hydrogen) atoms. The van der Waals surface area contributed by atoms with Crippen LogP contribution in [-0.4, -0.2) is 15.6 Å². The Kier molecular flexibility index (Phi) is 6.42. The van der Waals surface area contributed by atoms with Crippen LogP contribution in [0.3, 0.4) is 0 Å². The first-order valence-electron chi connectivity index (χ1n) is 9.24. The fourth-order valence-electron chi connectivity index (χ4n) is 3.31. The Morgan fingerprint density at radius 2 is 1.89 bits per heavy atom. The van der Waals surface area contributed by atoms with Crippen LogP contribution in [0.1, 0.15) is 47.7 Å². The smallest absolute Gasteiger partial charge is 0.341 e. The average Bonchev–Trinajstić information content (AvgIpc) is 2.66. The minimum Gasteiger partial charge on any atom is -0.477 e. The van der Waals surface area contributed by atoms with Gasteiger partial charge in [-0.1, -0.05) is 55.1 Å². The second-order valence-corrected chi connectivity index (χ2v) is 7.69. The Labute approximate surface area is 173 Å². The molecule has 0 aliphatic carbocycles. The highest BCUT2D eigenvalue weighted by molar-refractivity contribution is 6.35. The van der Waals surface area contributed by atoms with Gasteiger partial charge in [-0.05, 0) is 48.2 Å². The number of aromatic nitrogens is 1. The highest BCUT2D eigenvalue weighted by Crippen LogP contribution is 2.25. The van der Waals surface area contributed by atoms with Gasteiger partial charge < -0.3 is 9.67 Å². The molecule has 0 aliphatic rings. The van der Waals surface area contributed by atoms with E-state index >= 15 is 0 Å². The van der Waals surface area contributed by atoms with Gasteiger partial charge in [0.2, 0.25) is 5.43 Å². The fraction of sp³-hybridized carbons (Fsp3) is 0.273. The third-order valence-corrected chi connectivity index (χ3v) is 5.37. The molecule has 0 saturated heterocycles. The van der Waals surface area contributed by atoms with Crippen molar-refractivity contribution in [3.63, 3.8) is 0 Å². The van der Waals surface area contributed by atoms with Crippen LogP contribution in [0.5, 0.6) is 0 Å². The van der Waals surface area contributed by atoms with E-state index in [2.05, 4.69) is 6.92 Å². The zero-order valence-corrected chi connectivity index (χ0v) is 17.1. The van der Waals surface area contributed by atoms with E-state index in [0.29, 0.717) is 28.4 Å². The van der Waals surface area contributed by atoms with Crippen LogP contribution in [0.2, 0.25) is 10.0 Å². The van der Waals surface area contributed by atoms with E-state index in [-0.39, 0.29) is 5.56 Å². The molecule has 4 nitrogen and oxygen atoms in total. The number of rotatable bonds is 7. The molecule has 0 bridgehead atoms. The molecule has 3 rings (SSSR count). The summed E-state index contributed by atoms with van der Waals surface area (Å²) in [5, 5.41) is 11.0. The predicted octanol–water partition coefficient (Wildman–Crippen LogP) is 5.79. The fourth-order valence-corrected chi connectivity index (χ4v) is 3.78. The number of hydrogen-bond acceptors (Lipinski definition) is 2. The maximum Gasteiger partial charge on any atom is 0.341 e. The number of carboxylic acid groups (broad SMARTS) is 1. The Bertz CT molecular complexity index is 1090. The lowest BCUT2D eigenvalue weighted by Gasteiger charge is -2.13. The maximum atomic E-state index is 12.7. The van der Waals surface area contributed by atoms with Gasteiger partial charge in [0.1, 0.15) is 5.56 Å². The molecule has 146 valence electrons. The second kappa shape index (κ2) is 8.80. The zero-order valence-electron chi connectivity index (χ0n) is 15.5. The number of halogens is 2. The lowest BCUT2D eigenvalue weighted by molar-refractivity contribution is 0.0695. The van der Waals surface area contributed by atoms with Gasteiger partial charge in [-0.15, -0.1) is 0 Å². The number of unbranched alkanes of at least 4 members (excludes halogenated alkanes) is 2. The van der Waals surface area contributed by atoms with Crippen molar-refractivity contribution in [1.82, 2.24) is 4.57 Å². The van der Waals surface area contributed by atoms with Gasteiger partial charge in [-0.25, -0.2) is 4.79 Å². The van der Waals surface area contributed by atoms with Gasteiger partial charge in [0.05, 0.1) is 5.52 Å². The standard InChI is InChI=1S/C22H21Cl2NO3/c1-2-3-4-9-25-13-18(22(27)28)21(26)17-11-14(5-8-20(17)25)10-15-6-7-16(23)12-19(15)24/h5-8,11-13H,2-4,9-10H2,1H3,(H,27,28). The third kappa shape index (κ3) is 4.40. The molecule has 6 heteroatoms. The van der Waals surface area contributed by atoms with Crippen LogP contribution >= 0.6 is 23.2 Å². The van der Waals surface area contributed by atoms with Gasteiger partial charge in [0, 0.05) is 28.2 Å². The van der Waals surface area contributed by atoms with Crippen LogP contribution < -0.4 is 5.43 Å². The molecule has 0 aliphatic heterocycles. The van der Waals surface area contributed by atoms with Crippen molar-refractivity contribution in [3.8, 4) is 0 Å². The second-order valence-electron chi connectivity index (χ2n) is 6.84. The largest absolute Gasteiger partial charge is 0.477 e. The zero-order chi connectivity index (χ0) is 20.3. The monoisotopic (exact) mass is 417 g/mol. The van der Waals surface area contributed by atoms with E-state index in [1.807, 2.05) is 22.8 Å². The molecule has 1 heterocycles. The van der Waals surface area contributed by atoms with Crippen molar-refractivity contribution >= 4 is 40.1 Å². The molecule has 0 amide bonds.